The normalized spacial score (nSPS) is 20.2. The van der Waals surface area contributed by atoms with Gasteiger partial charge in [0.25, 0.3) is 5.91 Å². The first-order valence-corrected chi connectivity index (χ1v) is 8.22. The summed E-state index contributed by atoms with van der Waals surface area (Å²) in [5.74, 6) is -0.491. The Bertz CT molecular complexity index is 901. The number of hydrogen-bond donors (Lipinski definition) is 1. The number of amides is 3. The topological polar surface area (TPSA) is 66.5 Å². The quantitative estimate of drug-likeness (QED) is 0.865. The van der Waals surface area contributed by atoms with Crippen molar-refractivity contribution in [3.05, 3.63) is 41.5 Å². The van der Waals surface area contributed by atoms with Crippen molar-refractivity contribution in [3.8, 4) is 0 Å². The number of carbonyl (C=O) groups is 3. The minimum absolute atomic E-state index is 0.161. The van der Waals surface area contributed by atoms with E-state index in [-0.39, 0.29) is 18.2 Å². The molecule has 2 aliphatic rings. The second kappa shape index (κ2) is 5.16. The van der Waals surface area contributed by atoms with E-state index in [0.717, 1.165) is 16.5 Å². The van der Waals surface area contributed by atoms with Crippen molar-refractivity contribution in [3.63, 3.8) is 0 Å². The molecular formula is C19H18N2O3. The molecule has 0 saturated carbocycles. The van der Waals surface area contributed by atoms with Gasteiger partial charge in [0.05, 0.1) is 5.69 Å². The van der Waals surface area contributed by atoms with Crippen LogP contribution in [0.2, 0.25) is 0 Å². The van der Waals surface area contributed by atoms with E-state index in [0.29, 0.717) is 17.9 Å². The van der Waals surface area contributed by atoms with Gasteiger partial charge in [0.15, 0.2) is 0 Å². The first-order chi connectivity index (χ1) is 11.5. The lowest BCUT2D eigenvalue weighted by molar-refractivity contribution is -0.134. The summed E-state index contributed by atoms with van der Waals surface area (Å²) in [6, 6.07) is 9.05. The number of anilines is 1. The zero-order chi connectivity index (χ0) is 17.0. The van der Waals surface area contributed by atoms with Crippen molar-refractivity contribution in [2.45, 2.75) is 38.6 Å². The highest BCUT2D eigenvalue weighted by molar-refractivity contribution is 6.27. The molecule has 0 spiro atoms. The summed E-state index contributed by atoms with van der Waals surface area (Å²) in [5.41, 5.74) is 2.59. The van der Waals surface area contributed by atoms with Crippen LogP contribution in [0.25, 0.3) is 10.8 Å². The van der Waals surface area contributed by atoms with Gasteiger partial charge in [0.1, 0.15) is 6.04 Å². The fourth-order valence-corrected chi connectivity index (χ4v) is 3.77. The SMILES string of the molecule is CC(C)c1ccc2c3c(cccc13)C(=O)N2C1CCC(=O)NC1=O. The Balaban J connectivity index is 1.89. The largest absolute Gasteiger partial charge is 0.295 e. The fraction of sp³-hybridized carbons (Fsp3) is 0.316. The maximum atomic E-state index is 12.9. The Labute approximate surface area is 139 Å². The molecule has 24 heavy (non-hydrogen) atoms. The minimum atomic E-state index is -0.629. The van der Waals surface area contributed by atoms with Crippen LogP contribution in [0, 0.1) is 0 Å². The Morgan fingerprint density at radius 3 is 2.62 bits per heavy atom. The molecular weight excluding hydrogens is 304 g/mol. The third-order valence-electron chi connectivity index (χ3n) is 4.90. The molecule has 2 aromatic rings. The highest BCUT2D eigenvalue weighted by Gasteiger charge is 2.40. The third-order valence-corrected chi connectivity index (χ3v) is 4.90. The zero-order valence-electron chi connectivity index (χ0n) is 13.6. The van der Waals surface area contributed by atoms with E-state index in [1.807, 2.05) is 30.3 Å². The molecule has 1 unspecified atom stereocenters. The first-order valence-electron chi connectivity index (χ1n) is 8.22. The number of benzene rings is 2. The van der Waals surface area contributed by atoms with Crippen LogP contribution in [0.5, 0.6) is 0 Å². The average Bonchev–Trinajstić information content (AvgIpc) is 2.82. The van der Waals surface area contributed by atoms with Gasteiger partial charge in [-0.05, 0) is 35.4 Å². The van der Waals surface area contributed by atoms with E-state index >= 15 is 0 Å². The molecule has 5 nitrogen and oxygen atoms in total. The molecule has 1 fully saturated rings. The van der Waals surface area contributed by atoms with Crippen LogP contribution in [0.15, 0.2) is 30.3 Å². The summed E-state index contributed by atoms with van der Waals surface area (Å²) in [6.45, 7) is 4.25. The molecule has 0 aromatic heterocycles. The van der Waals surface area contributed by atoms with Crippen LogP contribution in [0.4, 0.5) is 5.69 Å². The molecule has 0 aliphatic carbocycles. The van der Waals surface area contributed by atoms with Crippen LogP contribution in [-0.4, -0.2) is 23.8 Å². The number of carbonyl (C=O) groups excluding carboxylic acids is 3. The molecule has 0 bridgehead atoms. The molecule has 4 rings (SSSR count). The van der Waals surface area contributed by atoms with Crippen molar-refractivity contribution in [2.24, 2.45) is 0 Å². The molecule has 5 heteroatoms. The lowest BCUT2D eigenvalue weighted by Crippen LogP contribution is -2.53. The van der Waals surface area contributed by atoms with Crippen LogP contribution in [0.3, 0.4) is 0 Å². The summed E-state index contributed by atoms with van der Waals surface area (Å²) in [6.07, 6.45) is 0.613. The third kappa shape index (κ3) is 1.97. The summed E-state index contributed by atoms with van der Waals surface area (Å²) in [7, 11) is 0. The van der Waals surface area contributed by atoms with Crippen molar-refractivity contribution in [2.75, 3.05) is 4.90 Å². The van der Waals surface area contributed by atoms with Gasteiger partial charge in [-0.3, -0.25) is 24.6 Å². The van der Waals surface area contributed by atoms with Gasteiger partial charge >= 0.3 is 0 Å². The predicted octanol–water partition coefficient (Wildman–Crippen LogP) is 2.73. The number of hydrogen-bond acceptors (Lipinski definition) is 3. The standard InChI is InChI=1S/C19H18N2O3/c1-10(2)11-6-7-14-17-12(11)4-3-5-13(17)19(24)21(14)15-8-9-16(22)20-18(15)23/h3-7,10,15H,8-9H2,1-2H3,(H,20,22,23). The molecule has 1 saturated heterocycles. The maximum Gasteiger partial charge on any atom is 0.259 e. The number of nitrogens with one attached hydrogen (secondary N) is 1. The van der Waals surface area contributed by atoms with Crippen LogP contribution < -0.4 is 10.2 Å². The molecule has 2 heterocycles. The zero-order valence-corrected chi connectivity index (χ0v) is 13.6. The van der Waals surface area contributed by atoms with Gasteiger partial charge in [-0.2, -0.15) is 0 Å². The summed E-state index contributed by atoms with van der Waals surface area (Å²) in [5, 5.41) is 4.32. The van der Waals surface area contributed by atoms with Gasteiger partial charge in [-0.15, -0.1) is 0 Å². The van der Waals surface area contributed by atoms with Crippen molar-refractivity contribution in [1.82, 2.24) is 5.32 Å². The molecule has 1 N–H and O–H groups in total. The minimum Gasteiger partial charge on any atom is -0.295 e. The van der Waals surface area contributed by atoms with E-state index in [9.17, 15) is 14.4 Å². The van der Waals surface area contributed by atoms with Gasteiger partial charge in [0.2, 0.25) is 11.8 Å². The van der Waals surface area contributed by atoms with Gasteiger partial charge in [-0.25, -0.2) is 0 Å². The highest BCUT2D eigenvalue weighted by atomic mass is 16.2. The number of nitrogens with zero attached hydrogens (tertiary/aromatic N) is 1. The molecule has 3 amide bonds. The second-order valence-corrected chi connectivity index (χ2v) is 6.70. The monoisotopic (exact) mass is 322 g/mol. The smallest absolute Gasteiger partial charge is 0.259 e. The first kappa shape index (κ1) is 14.9. The van der Waals surface area contributed by atoms with Crippen LogP contribution >= 0.6 is 0 Å². The van der Waals surface area contributed by atoms with Crippen LogP contribution in [0.1, 0.15) is 48.5 Å². The van der Waals surface area contributed by atoms with E-state index in [2.05, 4.69) is 19.2 Å². The molecule has 122 valence electrons. The van der Waals surface area contributed by atoms with E-state index in [4.69, 9.17) is 0 Å². The van der Waals surface area contributed by atoms with Crippen molar-refractivity contribution >= 4 is 34.2 Å². The van der Waals surface area contributed by atoms with Crippen molar-refractivity contribution in [1.29, 1.82) is 0 Å². The second-order valence-electron chi connectivity index (χ2n) is 6.70. The lowest BCUT2D eigenvalue weighted by atomic mass is 9.94. The molecule has 1 atom stereocenters. The summed E-state index contributed by atoms with van der Waals surface area (Å²) >= 11 is 0. The predicted molar refractivity (Wildman–Crippen MR) is 91.0 cm³/mol. The molecule has 2 aromatic carbocycles. The molecule has 2 aliphatic heterocycles. The number of rotatable bonds is 2. The highest BCUT2D eigenvalue weighted by Crippen LogP contribution is 2.42. The van der Waals surface area contributed by atoms with Gasteiger partial charge < -0.3 is 0 Å². The maximum absolute atomic E-state index is 12.9. The molecule has 0 radical (unpaired) electrons. The average molecular weight is 322 g/mol. The lowest BCUT2D eigenvalue weighted by Gasteiger charge is -2.30. The summed E-state index contributed by atoms with van der Waals surface area (Å²) in [4.78, 5) is 38.2. The number of piperidine rings is 1. The van der Waals surface area contributed by atoms with E-state index in [1.165, 1.54) is 5.56 Å². The van der Waals surface area contributed by atoms with Crippen molar-refractivity contribution < 1.29 is 14.4 Å². The van der Waals surface area contributed by atoms with E-state index in [1.54, 1.807) is 4.90 Å². The fourth-order valence-electron chi connectivity index (χ4n) is 3.77. The van der Waals surface area contributed by atoms with Crippen LogP contribution in [-0.2, 0) is 9.59 Å². The Morgan fingerprint density at radius 2 is 1.92 bits per heavy atom. The Morgan fingerprint density at radius 1 is 1.12 bits per heavy atom. The van der Waals surface area contributed by atoms with Gasteiger partial charge in [0, 0.05) is 17.4 Å². The number of imide groups is 1. The van der Waals surface area contributed by atoms with Gasteiger partial charge in [-0.1, -0.05) is 32.0 Å². The Kier molecular flexibility index (Phi) is 3.20. The summed E-state index contributed by atoms with van der Waals surface area (Å²) < 4.78 is 0. The van der Waals surface area contributed by atoms with E-state index < -0.39 is 11.9 Å². The Hall–Kier alpha value is -2.69.